The van der Waals surface area contributed by atoms with E-state index in [4.69, 9.17) is 4.74 Å². The van der Waals surface area contributed by atoms with E-state index in [0.717, 1.165) is 11.3 Å². The Morgan fingerprint density at radius 3 is 2.54 bits per heavy atom. The van der Waals surface area contributed by atoms with Crippen LogP contribution >= 0.6 is 0 Å². The maximum atomic E-state index is 12.1. The number of esters is 1. The molecule has 0 atom stereocenters. The van der Waals surface area contributed by atoms with Gasteiger partial charge in [0.1, 0.15) is 0 Å². The van der Waals surface area contributed by atoms with Crippen LogP contribution < -0.4 is 10.6 Å². The smallest absolute Gasteiger partial charge is 0.330 e. The highest BCUT2D eigenvalue weighted by Gasteiger charge is 2.14. The van der Waals surface area contributed by atoms with Crippen molar-refractivity contribution in [2.75, 3.05) is 23.8 Å². The van der Waals surface area contributed by atoms with Gasteiger partial charge in [-0.1, -0.05) is 18.2 Å². The molecule has 0 spiro atoms. The van der Waals surface area contributed by atoms with E-state index in [2.05, 4.69) is 10.6 Å². The molecule has 146 valence electrons. The average molecular weight is 383 g/mol. The SMILES string of the molecule is CCOC(=O)/C=C/c1ccc(NCC(=O)Nc2cccc([N+](=O)[O-])c2C)cc1. The van der Waals surface area contributed by atoms with Gasteiger partial charge in [0, 0.05) is 17.8 Å². The first-order valence-electron chi connectivity index (χ1n) is 8.63. The van der Waals surface area contributed by atoms with Crippen LogP contribution in [0.25, 0.3) is 6.08 Å². The monoisotopic (exact) mass is 383 g/mol. The number of benzene rings is 2. The van der Waals surface area contributed by atoms with E-state index in [-0.39, 0.29) is 18.1 Å². The molecule has 0 bridgehead atoms. The molecule has 0 saturated heterocycles. The number of nitro groups is 1. The zero-order chi connectivity index (χ0) is 20.5. The summed E-state index contributed by atoms with van der Waals surface area (Å²) in [6.45, 7) is 3.65. The van der Waals surface area contributed by atoms with Crippen LogP contribution in [0, 0.1) is 17.0 Å². The molecular formula is C20H21N3O5. The molecule has 2 aromatic carbocycles. The van der Waals surface area contributed by atoms with Gasteiger partial charge in [-0.05, 0) is 43.7 Å². The molecule has 8 heteroatoms. The number of ether oxygens (including phenoxy) is 1. The van der Waals surface area contributed by atoms with E-state index in [0.29, 0.717) is 17.9 Å². The standard InChI is InChI=1S/C20H21N3O5/c1-3-28-20(25)12-9-15-7-10-16(11-8-15)21-13-19(24)22-17-5-4-6-18(14(17)2)23(26)27/h4-12,21H,3,13H2,1-2H3,(H,22,24)/b12-9+. The highest BCUT2D eigenvalue weighted by atomic mass is 16.6. The van der Waals surface area contributed by atoms with Crippen LogP contribution in [0.4, 0.5) is 17.1 Å². The molecule has 1 amide bonds. The van der Waals surface area contributed by atoms with Crippen molar-refractivity contribution in [2.45, 2.75) is 13.8 Å². The van der Waals surface area contributed by atoms with Crippen molar-refractivity contribution in [2.24, 2.45) is 0 Å². The molecule has 28 heavy (non-hydrogen) atoms. The van der Waals surface area contributed by atoms with Gasteiger partial charge in [0.2, 0.25) is 5.91 Å². The Morgan fingerprint density at radius 1 is 1.18 bits per heavy atom. The second-order valence-electron chi connectivity index (χ2n) is 5.82. The Bertz CT molecular complexity index is 891. The Labute approximate surface area is 162 Å². The average Bonchev–Trinajstić information content (AvgIpc) is 2.67. The summed E-state index contributed by atoms with van der Waals surface area (Å²) >= 11 is 0. The topological polar surface area (TPSA) is 111 Å². The van der Waals surface area contributed by atoms with E-state index in [1.54, 1.807) is 50.3 Å². The van der Waals surface area contributed by atoms with Crippen molar-refractivity contribution in [3.05, 3.63) is 69.8 Å². The van der Waals surface area contributed by atoms with Crippen LogP contribution in [0.1, 0.15) is 18.1 Å². The zero-order valence-corrected chi connectivity index (χ0v) is 15.6. The highest BCUT2D eigenvalue weighted by molar-refractivity contribution is 5.95. The number of nitro benzene ring substituents is 1. The summed E-state index contributed by atoms with van der Waals surface area (Å²) in [6, 6.07) is 11.7. The first-order valence-corrected chi connectivity index (χ1v) is 8.63. The van der Waals surface area contributed by atoms with Crippen molar-refractivity contribution in [1.82, 2.24) is 0 Å². The van der Waals surface area contributed by atoms with Crippen LogP contribution in [0.3, 0.4) is 0 Å². The van der Waals surface area contributed by atoms with Crippen molar-refractivity contribution in [3.63, 3.8) is 0 Å². The molecule has 0 radical (unpaired) electrons. The molecule has 0 saturated carbocycles. The molecule has 0 unspecified atom stereocenters. The lowest BCUT2D eigenvalue weighted by Crippen LogP contribution is -2.22. The maximum absolute atomic E-state index is 12.1. The van der Waals surface area contributed by atoms with Crippen molar-refractivity contribution in [1.29, 1.82) is 0 Å². The van der Waals surface area contributed by atoms with Crippen molar-refractivity contribution < 1.29 is 19.2 Å². The van der Waals surface area contributed by atoms with E-state index >= 15 is 0 Å². The van der Waals surface area contributed by atoms with Crippen LogP contribution in [0.15, 0.2) is 48.5 Å². The Kier molecular flexibility index (Phi) is 7.27. The molecule has 2 N–H and O–H groups in total. The van der Waals surface area contributed by atoms with Gasteiger partial charge in [-0.25, -0.2) is 4.79 Å². The van der Waals surface area contributed by atoms with Gasteiger partial charge < -0.3 is 15.4 Å². The number of anilines is 2. The van der Waals surface area contributed by atoms with Crippen molar-refractivity contribution >= 4 is 35.0 Å². The first kappa shape index (κ1) is 20.6. The number of carbonyl (C=O) groups is 2. The second-order valence-corrected chi connectivity index (χ2v) is 5.82. The number of rotatable bonds is 8. The van der Waals surface area contributed by atoms with Crippen molar-refractivity contribution in [3.8, 4) is 0 Å². The Hall–Kier alpha value is -3.68. The summed E-state index contributed by atoms with van der Waals surface area (Å²) in [6.07, 6.45) is 2.99. The van der Waals surface area contributed by atoms with Crippen LogP contribution in [-0.2, 0) is 14.3 Å². The summed E-state index contributed by atoms with van der Waals surface area (Å²) in [7, 11) is 0. The fraction of sp³-hybridized carbons (Fsp3) is 0.200. The largest absolute Gasteiger partial charge is 0.463 e. The lowest BCUT2D eigenvalue weighted by atomic mass is 10.1. The summed E-state index contributed by atoms with van der Waals surface area (Å²) in [5.41, 5.74) is 2.30. The highest BCUT2D eigenvalue weighted by Crippen LogP contribution is 2.24. The minimum absolute atomic E-state index is 0.000143. The fourth-order valence-electron chi connectivity index (χ4n) is 2.40. The van der Waals surface area contributed by atoms with Gasteiger partial charge >= 0.3 is 5.97 Å². The Balaban J connectivity index is 1.90. The number of hydrogen-bond donors (Lipinski definition) is 2. The molecule has 8 nitrogen and oxygen atoms in total. The van der Waals surface area contributed by atoms with E-state index in [1.807, 2.05) is 0 Å². The van der Waals surface area contributed by atoms with Crippen LogP contribution in [0.5, 0.6) is 0 Å². The molecule has 2 rings (SSSR count). The van der Waals surface area contributed by atoms with Crippen LogP contribution in [-0.4, -0.2) is 30.0 Å². The second kappa shape index (κ2) is 9.86. The first-order chi connectivity index (χ1) is 13.4. The number of nitrogens with zero attached hydrogens (tertiary/aromatic N) is 1. The molecule has 0 aromatic heterocycles. The molecule has 0 aliphatic carbocycles. The zero-order valence-electron chi connectivity index (χ0n) is 15.6. The summed E-state index contributed by atoms with van der Waals surface area (Å²) < 4.78 is 4.81. The van der Waals surface area contributed by atoms with Gasteiger partial charge in [0.25, 0.3) is 5.69 Å². The normalized spacial score (nSPS) is 10.5. The maximum Gasteiger partial charge on any atom is 0.330 e. The lowest BCUT2D eigenvalue weighted by Gasteiger charge is -2.10. The molecular weight excluding hydrogens is 362 g/mol. The third-order valence-corrected chi connectivity index (χ3v) is 3.84. The summed E-state index contributed by atoms with van der Waals surface area (Å²) in [5.74, 6) is -0.729. The minimum atomic E-state index is -0.485. The number of nitrogens with one attached hydrogen (secondary N) is 2. The van der Waals surface area contributed by atoms with Gasteiger partial charge in [0.05, 0.1) is 29.3 Å². The van der Waals surface area contributed by atoms with E-state index in [1.165, 1.54) is 18.2 Å². The molecule has 0 heterocycles. The predicted molar refractivity (Wildman–Crippen MR) is 107 cm³/mol. The van der Waals surface area contributed by atoms with Gasteiger partial charge in [-0.3, -0.25) is 14.9 Å². The number of carbonyl (C=O) groups excluding carboxylic acids is 2. The predicted octanol–water partition coefficient (Wildman–Crippen LogP) is 3.53. The number of hydrogen-bond acceptors (Lipinski definition) is 6. The summed E-state index contributed by atoms with van der Waals surface area (Å²) in [4.78, 5) is 33.9. The number of amides is 1. The third kappa shape index (κ3) is 5.94. The van der Waals surface area contributed by atoms with Gasteiger partial charge in [-0.2, -0.15) is 0 Å². The summed E-state index contributed by atoms with van der Waals surface area (Å²) in [5, 5.41) is 16.6. The van der Waals surface area contributed by atoms with E-state index < -0.39 is 10.9 Å². The third-order valence-electron chi connectivity index (χ3n) is 3.84. The Morgan fingerprint density at radius 2 is 1.89 bits per heavy atom. The van der Waals surface area contributed by atoms with Crippen LogP contribution in [0.2, 0.25) is 0 Å². The van der Waals surface area contributed by atoms with E-state index in [9.17, 15) is 19.7 Å². The minimum Gasteiger partial charge on any atom is -0.463 e. The fourth-order valence-corrected chi connectivity index (χ4v) is 2.40. The van der Waals surface area contributed by atoms with Gasteiger partial charge in [0.15, 0.2) is 0 Å². The quantitative estimate of drug-likeness (QED) is 0.312. The van der Waals surface area contributed by atoms with Gasteiger partial charge in [-0.15, -0.1) is 0 Å². The molecule has 0 fully saturated rings. The molecule has 0 aliphatic rings. The molecule has 0 aliphatic heterocycles. The molecule has 2 aromatic rings. The lowest BCUT2D eigenvalue weighted by molar-refractivity contribution is -0.385.